The van der Waals surface area contributed by atoms with Gasteiger partial charge in [0.15, 0.2) is 0 Å². The van der Waals surface area contributed by atoms with Crippen LogP contribution >= 0.6 is 0 Å². The number of aromatic nitrogens is 1. The van der Waals surface area contributed by atoms with Crippen molar-refractivity contribution in [2.75, 3.05) is 6.54 Å². The zero-order chi connectivity index (χ0) is 13.7. The van der Waals surface area contributed by atoms with Gasteiger partial charge in [-0.3, -0.25) is 4.98 Å². The minimum Gasteiger partial charge on any atom is -0.487 e. The smallest absolute Gasteiger partial charge is 0.138 e. The van der Waals surface area contributed by atoms with E-state index in [1.165, 1.54) is 16.7 Å². The molecule has 2 N–H and O–H groups in total. The van der Waals surface area contributed by atoms with E-state index < -0.39 is 0 Å². The molecule has 0 aliphatic rings. The molecule has 0 amide bonds. The summed E-state index contributed by atoms with van der Waals surface area (Å²) in [6.45, 7) is 5.41. The number of rotatable bonds is 5. The second-order valence-electron chi connectivity index (χ2n) is 4.68. The van der Waals surface area contributed by atoms with Crippen LogP contribution in [-0.2, 0) is 13.0 Å². The molecule has 0 unspecified atom stereocenters. The van der Waals surface area contributed by atoms with Gasteiger partial charge in [-0.25, -0.2) is 0 Å². The lowest BCUT2D eigenvalue weighted by Gasteiger charge is -2.11. The van der Waals surface area contributed by atoms with Crippen LogP contribution in [0.25, 0.3) is 0 Å². The molecule has 3 nitrogen and oxygen atoms in total. The third kappa shape index (κ3) is 3.55. The first kappa shape index (κ1) is 13.6. The Bertz CT molecular complexity index is 515. The largest absolute Gasteiger partial charge is 0.487 e. The first-order chi connectivity index (χ1) is 9.20. The highest BCUT2D eigenvalue weighted by Gasteiger charge is 2.03. The Morgan fingerprint density at radius 2 is 1.84 bits per heavy atom. The maximum absolute atomic E-state index is 5.79. The number of aryl methyl sites for hydroxylation is 2. The van der Waals surface area contributed by atoms with Crippen LogP contribution in [0.3, 0.4) is 0 Å². The predicted molar refractivity (Wildman–Crippen MR) is 77.2 cm³/mol. The maximum Gasteiger partial charge on any atom is 0.138 e. The predicted octanol–water partition coefficient (Wildman–Crippen LogP) is 2.78. The van der Waals surface area contributed by atoms with Gasteiger partial charge < -0.3 is 10.5 Å². The third-order valence-electron chi connectivity index (χ3n) is 3.23. The molecule has 19 heavy (non-hydrogen) atoms. The zero-order valence-corrected chi connectivity index (χ0v) is 11.5. The van der Waals surface area contributed by atoms with E-state index in [2.05, 4.69) is 37.0 Å². The van der Waals surface area contributed by atoms with Gasteiger partial charge in [-0.15, -0.1) is 0 Å². The number of benzene rings is 1. The number of pyridine rings is 1. The van der Waals surface area contributed by atoms with Crippen molar-refractivity contribution in [2.45, 2.75) is 26.9 Å². The summed E-state index contributed by atoms with van der Waals surface area (Å²) >= 11 is 0. The summed E-state index contributed by atoms with van der Waals surface area (Å²) in [7, 11) is 0. The van der Waals surface area contributed by atoms with E-state index in [4.69, 9.17) is 10.5 Å². The Morgan fingerprint density at radius 1 is 1.11 bits per heavy atom. The average molecular weight is 256 g/mol. The summed E-state index contributed by atoms with van der Waals surface area (Å²) in [6.07, 6.45) is 2.57. The van der Waals surface area contributed by atoms with Gasteiger partial charge in [-0.05, 0) is 49.2 Å². The van der Waals surface area contributed by atoms with Gasteiger partial charge in [0.1, 0.15) is 12.4 Å². The number of hydrogen-bond acceptors (Lipinski definition) is 3. The minimum absolute atomic E-state index is 0.580. The Kier molecular flexibility index (Phi) is 4.53. The summed E-state index contributed by atoms with van der Waals surface area (Å²) in [5.74, 6) is 0.795. The molecule has 2 rings (SSSR count). The molecule has 0 spiro atoms. The van der Waals surface area contributed by atoms with Crippen molar-refractivity contribution in [3.05, 3.63) is 58.9 Å². The fraction of sp³-hybridized carbons (Fsp3) is 0.312. The first-order valence-electron chi connectivity index (χ1n) is 6.53. The van der Waals surface area contributed by atoms with Crippen LogP contribution in [0.15, 0.2) is 36.5 Å². The standard InChI is InChI=1S/C16H20N2O/c1-12-4-3-5-13(2)16(12)11-19-15-7-6-14(8-9-17)18-10-15/h3-7,10H,8-9,11,17H2,1-2H3. The van der Waals surface area contributed by atoms with Crippen molar-refractivity contribution < 1.29 is 4.74 Å². The lowest BCUT2D eigenvalue weighted by Crippen LogP contribution is -2.05. The Labute approximate surface area is 114 Å². The van der Waals surface area contributed by atoms with Crippen molar-refractivity contribution in [1.82, 2.24) is 4.98 Å². The second kappa shape index (κ2) is 6.34. The average Bonchev–Trinajstić information content (AvgIpc) is 2.40. The summed E-state index contributed by atoms with van der Waals surface area (Å²) in [5, 5.41) is 0. The molecule has 3 heteroatoms. The Balaban J connectivity index is 2.02. The maximum atomic E-state index is 5.79. The number of nitrogens with two attached hydrogens (primary N) is 1. The molecule has 1 heterocycles. The highest BCUT2D eigenvalue weighted by Crippen LogP contribution is 2.17. The molecular formula is C16H20N2O. The number of hydrogen-bond donors (Lipinski definition) is 1. The van der Waals surface area contributed by atoms with Crippen LogP contribution in [0, 0.1) is 13.8 Å². The van der Waals surface area contributed by atoms with E-state index in [1.807, 2.05) is 12.1 Å². The molecule has 0 saturated heterocycles. The van der Waals surface area contributed by atoms with Crippen LogP contribution in [0.5, 0.6) is 5.75 Å². The van der Waals surface area contributed by atoms with Crippen molar-refractivity contribution in [1.29, 1.82) is 0 Å². The summed E-state index contributed by atoms with van der Waals surface area (Å²) in [5.41, 5.74) is 10.3. The molecule has 0 aliphatic carbocycles. The Hall–Kier alpha value is -1.87. The van der Waals surface area contributed by atoms with Crippen molar-refractivity contribution in [3.8, 4) is 5.75 Å². The van der Waals surface area contributed by atoms with Crippen molar-refractivity contribution in [2.24, 2.45) is 5.73 Å². The monoisotopic (exact) mass is 256 g/mol. The molecule has 0 saturated carbocycles. The van der Waals surface area contributed by atoms with Gasteiger partial charge in [0.25, 0.3) is 0 Å². The molecule has 0 fully saturated rings. The van der Waals surface area contributed by atoms with Gasteiger partial charge in [-0.1, -0.05) is 18.2 Å². The van der Waals surface area contributed by atoms with Crippen LogP contribution in [0.1, 0.15) is 22.4 Å². The fourth-order valence-corrected chi connectivity index (χ4v) is 2.02. The first-order valence-corrected chi connectivity index (χ1v) is 6.53. The minimum atomic E-state index is 0.580. The highest BCUT2D eigenvalue weighted by molar-refractivity contribution is 5.33. The van der Waals surface area contributed by atoms with Crippen molar-refractivity contribution >= 4 is 0 Å². The van der Waals surface area contributed by atoms with E-state index in [0.29, 0.717) is 13.2 Å². The number of ether oxygens (including phenoxy) is 1. The molecule has 1 aromatic heterocycles. The van der Waals surface area contributed by atoms with Gasteiger partial charge >= 0.3 is 0 Å². The highest BCUT2D eigenvalue weighted by atomic mass is 16.5. The normalized spacial score (nSPS) is 10.5. The van der Waals surface area contributed by atoms with E-state index in [-0.39, 0.29) is 0 Å². The summed E-state index contributed by atoms with van der Waals surface area (Å²) in [4.78, 5) is 4.32. The third-order valence-corrected chi connectivity index (χ3v) is 3.23. The number of nitrogens with zero attached hydrogens (tertiary/aromatic N) is 1. The van der Waals surface area contributed by atoms with Crippen molar-refractivity contribution in [3.63, 3.8) is 0 Å². The molecule has 2 aromatic rings. The molecule has 1 aromatic carbocycles. The van der Waals surface area contributed by atoms with Gasteiger partial charge in [0, 0.05) is 12.1 Å². The molecule has 0 atom stereocenters. The van der Waals surface area contributed by atoms with E-state index in [0.717, 1.165) is 17.9 Å². The SMILES string of the molecule is Cc1cccc(C)c1COc1ccc(CCN)nc1. The lowest BCUT2D eigenvalue weighted by molar-refractivity contribution is 0.303. The molecule has 100 valence electrons. The van der Waals surface area contributed by atoms with Crippen LogP contribution in [-0.4, -0.2) is 11.5 Å². The van der Waals surface area contributed by atoms with E-state index >= 15 is 0 Å². The molecule has 0 radical (unpaired) electrons. The van der Waals surface area contributed by atoms with Crippen LogP contribution < -0.4 is 10.5 Å². The van der Waals surface area contributed by atoms with Crippen LogP contribution in [0.2, 0.25) is 0 Å². The molecule has 0 bridgehead atoms. The van der Waals surface area contributed by atoms with E-state index in [9.17, 15) is 0 Å². The topological polar surface area (TPSA) is 48.1 Å². The quantitative estimate of drug-likeness (QED) is 0.895. The second-order valence-corrected chi connectivity index (χ2v) is 4.68. The fourth-order valence-electron chi connectivity index (χ4n) is 2.02. The lowest BCUT2D eigenvalue weighted by atomic mass is 10.0. The van der Waals surface area contributed by atoms with E-state index in [1.54, 1.807) is 6.20 Å². The summed E-state index contributed by atoms with van der Waals surface area (Å²) < 4.78 is 5.79. The Morgan fingerprint density at radius 3 is 2.42 bits per heavy atom. The van der Waals surface area contributed by atoms with Gasteiger partial charge in [-0.2, -0.15) is 0 Å². The van der Waals surface area contributed by atoms with Gasteiger partial charge in [0.05, 0.1) is 6.20 Å². The molecular weight excluding hydrogens is 236 g/mol. The van der Waals surface area contributed by atoms with Crippen LogP contribution in [0.4, 0.5) is 0 Å². The zero-order valence-electron chi connectivity index (χ0n) is 11.5. The molecule has 0 aliphatic heterocycles. The summed E-state index contributed by atoms with van der Waals surface area (Å²) in [6, 6.07) is 10.2. The van der Waals surface area contributed by atoms with Gasteiger partial charge in [0.2, 0.25) is 0 Å².